The Hall–Kier alpha value is -3.34. The molecule has 3 aromatic rings. The Morgan fingerprint density at radius 3 is 1.90 bits per heavy atom. The average Bonchev–Trinajstić information content (AvgIpc) is 2.71. The standard InChI is InChI=1S/C21H15NO7S2/c1-12-6-8-13(9-7-12)30(25,26)22-18-11-14(31(27,28)29)10-17-19(18)21(24)16-5-3-2-4-15(16)20(17)23/h2-11,22H,1H3,(H,27,28,29). The van der Waals surface area contributed by atoms with E-state index in [0.29, 0.717) is 0 Å². The summed E-state index contributed by atoms with van der Waals surface area (Å²) in [5, 5.41) is 0. The fourth-order valence-electron chi connectivity index (χ4n) is 3.35. The molecular formula is C21H15NO7S2. The van der Waals surface area contributed by atoms with Crippen LogP contribution in [0, 0.1) is 6.92 Å². The lowest BCUT2D eigenvalue weighted by Gasteiger charge is -2.21. The van der Waals surface area contributed by atoms with Gasteiger partial charge in [-0.3, -0.25) is 18.9 Å². The summed E-state index contributed by atoms with van der Waals surface area (Å²) in [4.78, 5) is 25.2. The zero-order valence-corrected chi connectivity index (χ0v) is 17.6. The Kier molecular flexibility index (Phi) is 4.80. The number of hydrogen-bond acceptors (Lipinski definition) is 6. The first kappa shape index (κ1) is 20.9. The van der Waals surface area contributed by atoms with Crippen molar-refractivity contribution in [3.8, 4) is 0 Å². The lowest BCUT2D eigenvalue weighted by molar-refractivity contribution is 0.0979. The number of carbonyl (C=O) groups excluding carboxylic acids is 2. The van der Waals surface area contributed by atoms with E-state index in [1.165, 1.54) is 24.3 Å². The summed E-state index contributed by atoms with van der Waals surface area (Å²) in [6.45, 7) is 1.78. The molecule has 0 amide bonds. The number of sulfonamides is 1. The van der Waals surface area contributed by atoms with Crippen LogP contribution < -0.4 is 4.72 Å². The number of aryl methyl sites for hydroxylation is 1. The predicted molar refractivity (Wildman–Crippen MR) is 112 cm³/mol. The van der Waals surface area contributed by atoms with Crippen LogP contribution in [0.5, 0.6) is 0 Å². The van der Waals surface area contributed by atoms with Gasteiger partial charge in [0.15, 0.2) is 11.6 Å². The number of benzene rings is 3. The Labute approximate surface area is 178 Å². The largest absolute Gasteiger partial charge is 0.294 e. The van der Waals surface area contributed by atoms with Crippen LogP contribution in [0.15, 0.2) is 70.5 Å². The number of rotatable bonds is 4. The van der Waals surface area contributed by atoms with Gasteiger partial charge in [0, 0.05) is 16.7 Å². The number of carbonyl (C=O) groups is 2. The summed E-state index contributed by atoms with van der Waals surface area (Å²) in [5.74, 6) is -1.31. The molecule has 4 rings (SSSR count). The predicted octanol–water partition coefficient (Wildman–Crippen LogP) is 2.82. The third-order valence-electron chi connectivity index (χ3n) is 4.87. The van der Waals surface area contributed by atoms with E-state index in [0.717, 1.165) is 17.7 Å². The zero-order valence-electron chi connectivity index (χ0n) is 16.0. The number of ketones is 2. The maximum absolute atomic E-state index is 13.1. The second kappa shape index (κ2) is 7.12. The van der Waals surface area contributed by atoms with E-state index in [1.54, 1.807) is 31.2 Å². The summed E-state index contributed by atoms with van der Waals surface area (Å²) >= 11 is 0. The van der Waals surface area contributed by atoms with E-state index < -0.39 is 42.3 Å². The molecule has 0 spiro atoms. The molecule has 1 aliphatic carbocycles. The summed E-state index contributed by atoms with van der Waals surface area (Å²) in [6, 6.07) is 13.5. The molecule has 158 valence electrons. The number of fused-ring (bicyclic) bond motifs is 2. The molecule has 1 aliphatic rings. The van der Waals surface area contributed by atoms with Gasteiger partial charge in [0.1, 0.15) is 0 Å². The van der Waals surface area contributed by atoms with Crippen molar-refractivity contribution in [2.24, 2.45) is 0 Å². The molecule has 31 heavy (non-hydrogen) atoms. The van der Waals surface area contributed by atoms with Crippen LogP contribution in [0.4, 0.5) is 5.69 Å². The molecular weight excluding hydrogens is 442 g/mol. The van der Waals surface area contributed by atoms with Crippen molar-refractivity contribution >= 4 is 37.4 Å². The third-order valence-corrected chi connectivity index (χ3v) is 7.09. The van der Waals surface area contributed by atoms with Crippen LogP contribution in [0.25, 0.3) is 0 Å². The molecule has 0 bridgehead atoms. The SMILES string of the molecule is Cc1ccc(S(=O)(=O)Nc2cc(S(=O)(=O)O)cc3c2C(=O)c2ccccc2C3=O)cc1. The van der Waals surface area contributed by atoms with Gasteiger partial charge in [-0.2, -0.15) is 8.42 Å². The van der Waals surface area contributed by atoms with E-state index in [1.807, 2.05) is 0 Å². The van der Waals surface area contributed by atoms with Gasteiger partial charge in [-0.15, -0.1) is 0 Å². The van der Waals surface area contributed by atoms with Gasteiger partial charge >= 0.3 is 0 Å². The fourth-order valence-corrected chi connectivity index (χ4v) is 4.95. The molecule has 0 heterocycles. The second-order valence-corrected chi connectivity index (χ2v) is 10.1. The van der Waals surface area contributed by atoms with Gasteiger partial charge in [0.25, 0.3) is 20.1 Å². The van der Waals surface area contributed by atoms with Crippen molar-refractivity contribution in [1.82, 2.24) is 0 Å². The summed E-state index contributed by atoms with van der Waals surface area (Å²) in [6.07, 6.45) is 0. The van der Waals surface area contributed by atoms with E-state index in [4.69, 9.17) is 0 Å². The first-order chi connectivity index (χ1) is 14.5. The maximum Gasteiger partial charge on any atom is 0.294 e. The molecule has 0 aliphatic heterocycles. The zero-order chi connectivity index (χ0) is 22.6. The smallest absolute Gasteiger partial charge is 0.289 e. The minimum Gasteiger partial charge on any atom is -0.289 e. The minimum absolute atomic E-state index is 0.0554. The molecule has 0 atom stereocenters. The van der Waals surface area contributed by atoms with Crippen molar-refractivity contribution in [3.63, 3.8) is 0 Å². The molecule has 0 aromatic heterocycles. The maximum atomic E-state index is 13.1. The first-order valence-corrected chi connectivity index (χ1v) is 11.8. The lowest BCUT2D eigenvalue weighted by Crippen LogP contribution is -2.25. The van der Waals surface area contributed by atoms with Crippen molar-refractivity contribution in [2.45, 2.75) is 16.7 Å². The average molecular weight is 457 g/mol. The third kappa shape index (κ3) is 3.65. The van der Waals surface area contributed by atoms with E-state index in [2.05, 4.69) is 4.72 Å². The molecule has 3 aromatic carbocycles. The number of nitrogens with one attached hydrogen (secondary N) is 1. The van der Waals surface area contributed by atoms with Gasteiger partial charge in [-0.25, -0.2) is 8.42 Å². The van der Waals surface area contributed by atoms with Gasteiger partial charge in [-0.1, -0.05) is 42.0 Å². The first-order valence-electron chi connectivity index (χ1n) is 8.92. The van der Waals surface area contributed by atoms with Gasteiger partial charge in [0.05, 0.1) is 21.0 Å². The fraction of sp³-hybridized carbons (Fsp3) is 0.0476. The van der Waals surface area contributed by atoms with Gasteiger partial charge in [-0.05, 0) is 31.2 Å². The quantitative estimate of drug-likeness (QED) is 0.450. The molecule has 0 unspecified atom stereocenters. The molecule has 0 fully saturated rings. The van der Waals surface area contributed by atoms with Gasteiger partial charge in [0.2, 0.25) is 0 Å². The van der Waals surface area contributed by atoms with Crippen LogP contribution in [0.2, 0.25) is 0 Å². The minimum atomic E-state index is -4.80. The molecule has 0 radical (unpaired) electrons. The summed E-state index contributed by atoms with van der Waals surface area (Å²) in [7, 11) is -9.04. The van der Waals surface area contributed by atoms with E-state index in [-0.39, 0.29) is 27.1 Å². The number of anilines is 1. The molecule has 0 saturated heterocycles. The van der Waals surface area contributed by atoms with Gasteiger partial charge < -0.3 is 0 Å². The lowest BCUT2D eigenvalue weighted by atomic mass is 9.83. The Morgan fingerprint density at radius 1 is 0.742 bits per heavy atom. The van der Waals surface area contributed by atoms with Crippen molar-refractivity contribution in [2.75, 3.05) is 4.72 Å². The van der Waals surface area contributed by atoms with E-state index in [9.17, 15) is 31.0 Å². The molecule has 10 heteroatoms. The Bertz CT molecular complexity index is 1470. The van der Waals surface area contributed by atoms with Crippen LogP contribution in [0.1, 0.15) is 37.4 Å². The summed E-state index contributed by atoms with van der Waals surface area (Å²) in [5.41, 5.74) is -0.0805. The normalized spacial score (nSPS) is 13.5. The Morgan fingerprint density at radius 2 is 1.32 bits per heavy atom. The molecule has 8 nitrogen and oxygen atoms in total. The molecule has 2 N–H and O–H groups in total. The topological polar surface area (TPSA) is 135 Å². The van der Waals surface area contributed by atoms with Crippen LogP contribution in [0.3, 0.4) is 0 Å². The highest BCUT2D eigenvalue weighted by Gasteiger charge is 2.34. The van der Waals surface area contributed by atoms with Crippen LogP contribution in [-0.2, 0) is 20.1 Å². The Balaban J connectivity index is 1.95. The van der Waals surface area contributed by atoms with Crippen molar-refractivity contribution in [1.29, 1.82) is 0 Å². The summed E-state index contributed by atoms with van der Waals surface area (Å²) < 4.78 is 61.0. The van der Waals surface area contributed by atoms with E-state index >= 15 is 0 Å². The van der Waals surface area contributed by atoms with Crippen LogP contribution >= 0.6 is 0 Å². The highest BCUT2D eigenvalue weighted by Crippen LogP contribution is 2.35. The highest BCUT2D eigenvalue weighted by atomic mass is 32.2. The van der Waals surface area contributed by atoms with Crippen LogP contribution in [-0.4, -0.2) is 33.0 Å². The van der Waals surface area contributed by atoms with Crippen molar-refractivity contribution in [3.05, 3.63) is 88.5 Å². The van der Waals surface area contributed by atoms with Crippen molar-refractivity contribution < 1.29 is 31.0 Å². The number of hydrogen-bond donors (Lipinski definition) is 2. The molecule has 0 saturated carbocycles. The second-order valence-electron chi connectivity index (χ2n) is 6.99. The highest BCUT2D eigenvalue weighted by molar-refractivity contribution is 7.92. The monoisotopic (exact) mass is 457 g/mol.